The molecule has 0 aliphatic carbocycles. The molecule has 170 valence electrons. The SMILES string of the molecule is CCN(CC1COc2ccccc2O1)c1ncc2c3[nH]ncc3c(=O)n(-c3ccccc3)c2n1. The molecule has 9 nitrogen and oxygen atoms in total. The number of nitrogens with one attached hydrogen (secondary N) is 1. The molecule has 1 atom stereocenters. The maximum absolute atomic E-state index is 13.4. The first-order chi connectivity index (χ1) is 16.7. The van der Waals surface area contributed by atoms with Crippen molar-refractivity contribution in [2.45, 2.75) is 13.0 Å². The van der Waals surface area contributed by atoms with Crippen LogP contribution in [-0.2, 0) is 0 Å². The molecule has 4 heterocycles. The van der Waals surface area contributed by atoms with E-state index in [-0.39, 0.29) is 11.7 Å². The Kier molecular flexibility index (Phi) is 4.87. The van der Waals surface area contributed by atoms with Gasteiger partial charge in [-0.05, 0) is 31.2 Å². The minimum atomic E-state index is -0.184. The van der Waals surface area contributed by atoms with Crippen LogP contribution in [-0.4, -0.2) is 50.5 Å². The van der Waals surface area contributed by atoms with Gasteiger partial charge in [0, 0.05) is 12.7 Å². The summed E-state index contributed by atoms with van der Waals surface area (Å²) in [6, 6.07) is 17.1. The van der Waals surface area contributed by atoms with Crippen LogP contribution in [0.15, 0.2) is 71.8 Å². The van der Waals surface area contributed by atoms with Crippen LogP contribution in [0.25, 0.3) is 27.6 Å². The summed E-state index contributed by atoms with van der Waals surface area (Å²) < 4.78 is 13.6. The van der Waals surface area contributed by atoms with Gasteiger partial charge in [-0.2, -0.15) is 10.1 Å². The molecule has 0 amide bonds. The van der Waals surface area contributed by atoms with E-state index >= 15 is 0 Å². The third-order valence-electron chi connectivity index (χ3n) is 5.98. The first kappa shape index (κ1) is 20.2. The smallest absolute Gasteiger partial charge is 0.267 e. The number of ether oxygens (including phenoxy) is 2. The number of hydrogen-bond donors (Lipinski definition) is 1. The number of rotatable bonds is 5. The van der Waals surface area contributed by atoms with Crippen molar-refractivity contribution in [3.63, 3.8) is 0 Å². The topological polar surface area (TPSA) is 98.2 Å². The minimum absolute atomic E-state index is 0.180. The number of H-pyrrole nitrogens is 1. The van der Waals surface area contributed by atoms with Crippen LogP contribution in [0.5, 0.6) is 11.5 Å². The molecular weight excluding hydrogens is 432 g/mol. The molecule has 1 N–H and O–H groups in total. The van der Waals surface area contributed by atoms with Crippen LogP contribution in [0.2, 0.25) is 0 Å². The zero-order valence-electron chi connectivity index (χ0n) is 18.5. The van der Waals surface area contributed by atoms with Gasteiger partial charge < -0.3 is 14.4 Å². The van der Waals surface area contributed by atoms with E-state index < -0.39 is 0 Å². The number of anilines is 1. The molecule has 34 heavy (non-hydrogen) atoms. The van der Waals surface area contributed by atoms with Crippen LogP contribution >= 0.6 is 0 Å². The number of fused-ring (bicyclic) bond motifs is 4. The van der Waals surface area contributed by atoms with Crippen molar-refractivity contribution in [1.82, 2.24) is 24.7 Å². The second-order valence-electron chi connectivity index (χ2n) is 8.08. The maximum atomic E-state index is 13.4. The van der Waals surface area contributed by atoms with E-state index in [1.807, 2.05) is 66.4 Å². The van der Waals surface area contributed by atoms with E-state index in [2.05, 4.69) is 15.2 Å². The van der Waals surface area contributed by atoms with Gasteiger partial charge in [-0.3, -0.25) is 14.5 Å². The Balaban J connectivity index is 1.43. The number of pyridine rings is 1. The molecule has 1 unspecified atom stereocenters. The van der Waals surface area contributed by atoms with Gasteiger partial charge in [0.2, 0.25) is 5.95 Å². The number of nitrogens with zero attached hydrogens (tertiary/aromatic N) is 5. The van der Waals surface area contributed by atoms with Crippen molar-refractivity contribution in [3.05, 3.63) is 77.3 Å². The number of para-hydroxylation sites is 3. The highest BCUT2D eigenvalue weighted by atomic mass is 16.6. The molecule has 0 saturated heterocycles. The fourth-order valence-corrected chi connectivity index (χ4v) is 4.30. The summed E-state index contributed by atoms with van der Waals surface area (Å²) in [6.45, 7) is 3.67. The monoisotopic (exact) mass is 454 g/mol. The first-order valence-corrected chi connectivity index (χ1v) is 11.2. The van der Waals surface area contributed by atoms with E-state index in [1.54, 1.807) is 17.0 Å². The fraction of sp³-hybridized carbons (Fsp3) is 0.200. The third-order valence-corrected chi connectivity index (χ3v) is 5.98. The lowest BCUT2D eigenvalue weighted by molar-refractivity contribution is 0.0952. The molecule has 2 aromatic carbocycles. The van der Waals surface area contributed by atoms with Crippen molar-refractivity contribution in [3.8, 4) is 17.2 Å². The maximum Gasteiger partial charge on any atom is 0.267 e. The zero-order valence-corrected chi connectivity index (χ0v) is 18.5. The summed E-state index contributed by atoms with van der Waals surface area (Å²) in [5.41, 5.74) is 1.69. The van der Waals surface area contributed by atoms with Crippen molar-refractivity contribution >= 4 is 27.9 Å². The fourth-order valence-electron chi connectivity index (χ4n) is 4.30. The van der Waals surface area contributed by atoms with Gasteiger partial charge in [0.1, 0.15) is 6.61 Å². The van der Waals surface area contributed by atoms with Crippen molar-refractivity contribution in [2.75, 3.05) is 24.6 Å². The molecule has 0 spiro atoms. The molecule has 1 aliphatic rings. The summed E-state index contributed by atoms with van der Waals surface area (Å²) in [6.07, 6.45) is 3.11. The van der Waals surface area contributed by atoms with Gasteiger partial charge in [0.05, 0.1) is 34.7 Å². The molecule has 6 rings (SSSR count). The Morgan fingerprint density at radius 3 is 2.68 bits per heavy atom. The Morgan fingerprint density at radius 1 is 1.06 bits per heavy atom. The van der Waals surface area contributed by atoms with Gasteiger partial charge in [0.15, 0.2) is 23.3 Å². The third kappa shape index (κ3) is 3.33. The van der Waals surface area contributed by atoms with Gasteiger partial charge >= 0.3 is 0 Å². The van der Waals surface area contributed by atoms with Crippen molar-refractivity contribution < 1.29 is 9.47 Å². The Bertz CT molecular complexity index is 1550. The van der Waals surface area contributed by atoms with E-state index in [4.69, 9.17) is 14.5 Å². The largest absolute Gasteiger partial charge is 0.486 e. The average molecular weight is 454 g/mol. The number of aromatic nitrogens is 5. The second-order valence-corrected chi connectivity index (χ2v) is 8.08. The lowest BCUT2D eigenvalue weighted by atomic mass is 10.2. The summed E-state index contributed by atoms with van der Waals surface area (Å²) in [4.78, 5) is 24.9. The molecule has 0 saturated carbocycles. The average Bonchev–Trinajstić information content (AvgIpc) is 3.38. The summed E-state index contributed by atoms with van der Waals surface area (Å²) >= 11 is 0. The minimum Gasteiger partial charge on any atom is -0.486 e. The summed E-state index contributed by atoms with van der Waals surface area (Å²) in [7, 11) is 0. The van der Waals surface area contributed by atoms with Crippen molar-refractivity contribution in [1.29, 1.82) is 0 Å². The molecule has 1 aliphatic heterocycles. The number of hydrogen-bond acceptors (Lipinski definition) is 7. The molecule has 5 aromatic rings. The Labute approximate surface area is 194 Å². The van der Waals surface area contributed by atoms with E-state index in [0.29, 0.717) is 42.2 Å². The van der Waals surface area contributed by atoms with Crippen LogP contribution in [0.3, 0.4) is 0 Å². The van der Waals surface area contributed by atoms with Gasteiger partial charge in [-0.25, -0.2) is 4.98 Å². The number of likely N-dealkylation sites (N-methyl/N-ethyl adjacent to an activating group) is 1. The molecule has 0 radical (unpaired) electrons. The number of aromatic amines is 1. The van der Waals surface area contributed by atoms with Gasteiger partial charge in [-0.1, -0.05) is 30.3 Å². The normalized spacial score (nSPS) is 15.0. The van der Waals surface area contributed by atoms with Gasteiger partial charge in [-0.15, -0.1) is 0 Å². The van der Waals surface area contributed by atoms with E-state index in [1.165, 1.54) is 0 Å². The molecular formula is C25H22N6O3. The lowest BCUT2D eigenvalue weighted by Gasteiger charge is -2.31. The zero-order chi connectivity index (χ0) is 23.1. The Hall–Kier alpha value is -4.40. The Morgan fingerprint density at radius 2 is 1.85 bits per heavy atom. The predicted octanol–water partition coefficient (Wildman–Crippen LogP) is 3.32. The molecule has 0 bridgehead atoms. The highest BCUT2D eigenvalue weighted by Crippen LogP contribution is 2.31. The lowest BCUT2D eigenvalue weighted by Crippen LogP contribution is -2.41. The number of benzene rings is 2. The van der Waals surface area contributed by atoms with Crippen LogP contribution in [0, 0.1) is 0 Å². The second kappa shape index (κ2) is 8.18. The van der Waals surface area contributed by atoms with Crippen molar-refractivity contribution in [2.24, 2.45) is 0 Å². The quantitative estimate of drug-likeness (QED) is 0.435. The standard InChI is InChI=1S/C25H22N6O3/c1-2-30(14-17-15-33-20-10-6-7-11-21(20)34-17)25-26-12-18-22-19(13-27-29-22)24(32)31(23(18)28-25)16-8-4-3-5-9-16/h3-13,17H,2,14-15H2,1H3,(H,27,29). The van der Waals surface area contributed by atoms with Crippen LogP contribution in [0.1, 0.15) is 6.92 Å². The first-order valence-electron chi connectivity index (χ1n) is 11.2. The van der Waals surface area contributed by atoms with E-state index in [9.17, 15) is 4.79 Å². The molecule has 9 heteroatoms. The summed E-state index contributed by atoms with van der Waals surface area (Å²) in [5, 5.41) is 8.22. The predicted molar refractivity (Wildman–Crippen MR) is 129 cm³/mol. The highest BCUT2D eigenvalue weighted by Gasteiger charge is 2.24. The molecule has 3 aromatic heterocycles. The van der Waals surface area contributed by atoms with Gasteiger partial charge in [0.25, 0.3) is 5.56 Å². The highest BCUT2D eigenvalue weighted by molar-refractivity contribution is 6.02. The van der Waals surface area contributed by atoms with Crippen LogP contribution in [0.4, 0.5) is 5.95 Å². The molecule has 0 fully saturated rings. The van der Waals surface area contributed by atoms with Crippen LogP contribution < -0.4 is 19.9 Å². The van der Waals surface area contributed by atoms with E-state index in [0.717, 1.165) is 22.6 Å². The summed E-state index contributed by atoms with van der Waals surface area (Å²) in [5.74, 6) is 1.99.